The van der Waals surface area contributed by atoms with Crippen molar-refractivity contribution in [1.29, 1.82) is 0 Å². The van der Waals surface area contributed by atoms with Gasteiger partial charge in [-0.3, -0.25) is 14.4 Å². The van der Waals surface area contributed by atoms with E-state index in [1.165, 1.54) is 23.7 Å². The van der Waals surface area contributed by atoms with Gasteiger partial charge < -0.3 is 10.6 Å². The fourth-order valence-electron chi connectivity index (χ4n) is 2.32. The number of amides is 2. The highest BCUT2D eigenvalue weighted by molar-refractivity contribution is 6.02. The number of carbonyl (C=O) groups is 2. The first kappa shape index (κ1) is 17.1. The number of nitrogens with zero attached hydrogens (tertiary/aromatic N) is 2. The van der Waals surface area contributed by atoms with Gasteiger partial charge in [0, 0.05) is 24.4 Å². The third kappa shape index (κ3) is 4.02. The van der Waals surface area contributed by atoms with Gasteiger partial charge in [-0.2, -0.15) is 9.78 Å². The molecule has 1 heterocycles. The number of aromatic nitrogens is 2. The van der Waals surface area contributed by atoms with Gasteiger partial charge in [0.2, 0.25) is 5.91 Å². The van der Waals surface area contributed by atoms with Gasteiger partial charge in [0.05, 0.1) is 5.69 Å². The van der Waals surface area contributed by atoms with E-state index in [1.807, 2.05) is 6.07 Å². The molecule has 0 bridgehead atoms. The Morgan fingerprint density at radius 3 is 2.08 bits per heavy atom. The van der Waals surface area contributed by atoms with E-state index >= 15 is 0 Å². The summed E-state index contributed by atoms with van der Waals surface area (Å²) in [7, 11) is 0. The summed E-state index contributed by atoms with van der Waals surface area (Å²) in [5.74, 6) is -0.615. The quantitative estimate of drug-likeness (QED) is 0.757. The molecule has 2 aromatic carbocycles. The van der Waals surface area contributed by atoms with Crippen LogP contribution in [0, 0.1) is 0 Å². The fourth-order valence-corrected chi connectivity index (χ4v) is 2.32. The summed E-state index contributed by atoms with van der Waals surface area (Å²) in [6.07, 6.45) is 0. The summed E-state index contributed by atoms with van der Waals surface area (Å²) in [5, 5.41) is 9.48. The number of nitrogens with one attached hydrogen (secondary N) is 2. The van der Waals surface area contributed by atoms with Crippen LogP contribution in [0.1, 0.15) is 17.4 Å². The summed E-state index contributed by atoms with van der Waals surface area (Å²) < 4.78 is 1.18. The zero-order valence-corrected chi connectivity index (χ0v) is 14.0. The van der Waals surface area contributed by atoms with Gasteiger partial charge in [-0.25, -0.2) is 0 Å². The molecule has 0 unspecified atom stereocenters. The molecule has 1 aromatic heterocycles. The van der Waals surface area contributed by atoms with Crippen LogP contribution in [0.3, 0.4) is 0 Å². The van der Waals surface area contributed by atoms with Crippen molar-refractivity contribution in [1.82, 2.24) is 9.78 Å². The second-order valence-corrected chi connectivity index (χ2v) is 5.52. The predicted octanol–water partition coefficient (Wildman–Crippen LogP) is 2.44. The molecule has 130 valence electrons. The van der Waals surface area contributed by atoms with Crippen molar-refractivity contribution >= 4 is 23.2 Å². The molecule has 0 atom stereocenters. The Kier molecular flexibility index (Phi) is 4.89. The Balaban J connectivity index is 1.80. The molecule has 2 N–H and O–H groups in total. The number of carbonyl (C=O) groups excluding carboxylic acids is 2. The topological polar surface area (TPSA) is 93.1 Å². The van der Waals surface area contributed by atoms with Gasteiger partial charge in [0.15, 0.2) is 0 Å². The maximum Gasteiger partial charge on any atom is 0.276 e. The molecule has 0 aliphatic heterocycles. The van der Waals surface area contributed by atoms with E-state index in [0.29, 0.717) is 17.1 Å². The lowest BCUT2D eigenvalue weighted by molar-refractivity contribution is -0.114. The lowest BCUT2D eigenvalue weighted by Gasteiger charge is -2.08. The molecule has 0 aliphatic rings. The van der Waals surface area contributed by atoms with Crippen molar-refractivity contribution < 1.29 is 9.59 Å². The van der Waals surface area contributed by atoms with Crippen molar-refractivity contribution in [3.05, 3.63) is 82.8 Å². The Morgan fingerprint density at radius 1 is 0.846 bits per heavy atom. The molecule has 26 heavy (non-hydrogen) atoms. The summed E-state index contributed by atoms with van der Waals surface area (Å²) in [6, 6.07) is 18.2. The van der Waals surface area contributed by atoms with Crippen LogP contribution in [-0.4, -0.2) is 21.6 Å². The van der Waals surface area contributed by atoms with Crippen LogP contribution in [0.4, 0.5) is 11.4 Å². The normalized spacial score (nSPS) is 10.2. The van der Waals surface area contributed by atoms with Crippen LogP contribution in [0.25, 0.3) is 5.69 Å². The predicted molar refractivity (Wildman–Crippen MR) is 98.5 cm³/mol. The summed E-state index contributed by atoms with van der Waals surface area (Å²) in [6.45, 7) is 1.42. The van der Waals surface area contributed by atoms with E-state index < -0.39 is 5.91 Å². The standard InChI is InChI=1S/C19H16N4O3/c1-13(24)20-14-7-9-15(10-8-14)21-19(26)17-11-12-18(25)23(22-17)16-5-3-2-4-6-16/h2-12H,1H3,(H,20,24)(H,21,26). The maximum atomic E-state index is 12.4. The molecule has 0 radical (unpaired) electrons. The third-order valence-electron chi connectivity index (χ3n) is 3.50. The molecule has 3 rings (SSSR count). The van der Waals surface area contributed by atoms with E-state index in [1.54, 1.807) is 48.5 Å². The van der Waals surface area contributed by atoms with Gasteiger partial charge in [-0.15, -0.1) is 0 Å². The van der Waals surface area contributed by atoms with Crippen molar-refractivity contribution in [2.24, 2.45) is 0 Å². The van der Waals surface area contributed by atoms with Crippen LogP contribution in [0.2, 0.25) is 0 Å². The minimum Gasteiger partial charge on any atom is -0.326 e. The number of benzene rings is 2. The lowest BCUT2D eigenvalue weighted by atomic mass is 10.2. The van der Waals surface area contributed by atoms with Crippen LogP contribution >= 0.6 is 0 Å². The Morgan fingerprint density at radius 2 is 1.46 bits per heavy atom. The first-order valence-corrected chi connectivity index (χ1v) is 7.88. The first-order valence-electron chi connectivity index (χ1n) is 7.88. The van der Waals surface area contributed by atoms with E-state index in [2.05, 4.69) is 15.7 Å². The van der Waals surface area contributed by atoms with Crippen molar-refractivity contribution in [2.45, 2.75) is 6.92 Å². The second kappa shape index (κ2) is 7.43. The minimum atomic E-state index is -0.443. The molecule has 3 aromatic rings. The number of hydrogen-bond donors (Lipinski definition) is 2. The molecule has 0 saturated heterocycles. The Hall–Kier alpha value is -3.74. The molecule has 7 nitrogen and oxygen atoms in total. The van der Waals surface area contributed by atoms with Gasteiger partial charge in [-0.1, -0.05) is 18.2 Å². The van der Waals surface area contributed by atoms with Crippen LogP contribution < -0.4 is 16.2 Å². The van der Waals surface area contributed by atoms with Crippen molar-refractivity contribution in [3.8, 4) is 5.69 Å². The van der Waals surface area contributed by atoms with Crippen LogP contribution in [0.5, 0.6) is 0 Å². The van der Waals surface area contributed by atoms with E-state index in [-0.39, 0.29) is 17.2 Å². The van der Waals surface area contributed by atoms with E-state index in [0.717, 1.165) is 0 Å². The highest BCUT2D eigenvalue weighted by Crippen LogP contribution is 2.14. The monoisotopic (exact) mass is 348 g/mol. The Bertz CT molecular complexity index is 995. The minimum absolute atomic E-state index is 0.111. The molecule has 2 amide bonds. The van der Waals surface area contributed by atoms with Crippen molar-refractivity contribution in [3.63, 3.8) is 0 Å². The number of para-hydroxylation sites is 1. The third-order valence-corrected chi connectivity index (χ3v) is 3.50. The largest absolute Gasteiger partial charge is 0.326 e. The molecular formula is C19H16N4O3. The van der Waals surface area contributed by atoms with Gasteiger partial charge >= 0.3 is 0 Å². The number of anilines is 2. The molecule has 0 saturated carbocycles. The van der Waals surface area contributed by atoms with Gasteiger partial charge in [-0.05, 0) is 42.5 Å². The Labute approximate surface area is 149 Å². The first-order chi connectivity index (χ1) is 12.5. The molecule has 7 heteroatoms. The second-order valence-electron chi connectivity index (χ2n) is 5.52. The average molecular weight is 348 g/mol. The SMILES string of the molecule is CC(=O)Nc1ccc(NC(=O)c2ccc(=O)n(-c3ccccc3)n2)cc1. The molecule has 0 spiro atoms. The molecule has 0 fully saturated rings. The van der Waals surface area contributed by atoms with Crippen LogP contribution in [-0.2, 0) is 4.79 Å². The van der Waals surface area contributed by atoms with Gasteiger partial charge in [0.25, 0.3) is 11.5 Å². The smallest absolute Gasteiger partial charge is 0.276 e. The van der Waals surface area contributed by atoms with E-state index in [9.17, 15) is 14.4 Å². The summed E-state index contributed by atoms with van der Waals surface area (Å²) >= 11 is 0. The van der Waals surface area contributed by atoms with Crippen LogP contribution in [0.15, 0.2) is 71.5 Å². The zero-order chi connectivity index (χ0) is 18.5. The zero-order valence-electron chi connectivity index (χ0n) is 14.0. The van der Waals surface area contributed by atoms with Gasteiger partial charge in [0.1, 0.15) is 5.69 Å². The number of rotatable bonds is 4. The molecule has 0 aliphatic carbocycles. The van der Waals surface area contributed by atoms with E-state index in [4.69, 9.17) is 0 Å². The number of hydrogen-bond acceptors (Lipinski definition) is 4. The summed E-state index contributed by atoms with van der Waals surface area (Å²) in [4.78, 5) is 35.4. The maximum absolute atomic E-state index is 12.4. The average Bonchev–Trinajstić information content (AvgIpc) is 2.64. The van der Waals surface area contributed by atoms with Crippen molar-refractivity contribution in [2.75, 3.05) is 10.6 Å². The highest BCUT2D eigenvalue weighted by atomic mass is 16.2. The highest BCUT2D eigenvalue weighted by Gasteiger charge is 2.11. The lowest BCUT2D eigenvalue weighted by Crippen LogP contribution is -2.24. The summed E-state index contributed by atoms with van der Waals surface area (Å²) in [5.41, 5.74) is 1.54. The fraction of sp³-hybridized carbons (Fsp3) is 0.0526. The molecular weight excluding hydrogens is 332 g/mol.